The van der Waals surface area contributed by atoms with Crippen molar-refractivity contribution in [3.63, 3.8) is 0 Å². The van der Waals surface area contributed by atoms with Crippen LogP contribution in [-0.2, 0) is 21.2 Å². The van der Waals surface area contributed by atoms with Crippen molar-refractivity contribution in [1.82, 2.24) is 0 Å². The van der Waals surface area contributed by atoms with Crippen molar-refractivity contribution in [2.45, 2.75) is 35.8 Å². The number of carboxylic acids is 1. The summed E-state index contributed by atoms with van der Waals surface area (Å²) in [5.41, 5.74) is 1.02. The Hall–Kier alpha value is -3.32. The molecule has 0 aliphatic carbocycles. The molecule has 7 heteroatoms. The SMILES string of the molecule is CC[C@H](Oc1ccc(S(=O)(=O)c2ccc(OCc3ccccc3)cc2)cc1)C(=O)O. The maximum atomic E-state index is 12.8. The standard InChI is InChI=1S/C23H22O6S/c1-2-22(23(24)25)29-19-10-14-21(15-11-19)30(26,27)20-12-8-18(9-13-20)28-16-17-6-4-3-5-7-17/h3-15,22H,2,16H2,1H3,(H,24,25)/t22-/m0/s1. The van der Waals surface area contributed by atoms with Gasteiger partial charge < -0.3 is 14.6 Å². The third-order valence-electron chi connectivity index (χ3n) is 4.44. The zero-order chi connectivity index (χ0) is 21.6. The Morgan fingerprint density at radius 1 is 0.867 bits per heavy atom. The molecule has 0 aliphatic rings. The number of hydrogen-bond acceptors (Lipinski definition) is 5. The highest BCUT2D eigenvalue weighted by atomic mass is 32.2. The number of hydrogen-bond donors (Lipinski definition) is 1. The van der Waals surface area contributed by atoms with Crippen LogP contribution in [0.1, 0.15) is 18.9 Å². The molecule has 3 rings (SSSR count). The Morgan fingerprint density at radius 3 is 1.90 bits per heavy atom. The van der Waals surface area contributed by atoms with Gasteiger partial charge >= 0.3 is 5.97 Å². The summed E-state index contributed by atoms with van der Waals surface area (Å²) in [6, 6.07) is 21.6. The van der Waals surface area contributed by atoms with Crippen LogP contribution in [-0.4, -0.2) is 25.6 Å². The number of rotatable bonds is 9. The second-order valence-electron chi connectivity index (χ2n) is 6.57. The van der Waals surface area contributed by atoms with Gasteiger partial charge in [-0.15, -0.1) is 0 Å². The third-order valence-corrected chi connectivity index (χ3v) is 6.23. The summed E-state index contributed by atoms with van der Waals surface area (Å²) in [6.07, 6.45) is -0.676. The Kier molecular flexibility index (Phi) is 6.74. The molecule has 0 fully saturated rings. The second-order valence-corrected chi connectivity index (χ2v) is 8.52. The van der Waals surface area contributed by atoms with Crippen LogP contribution in [0.3, 0.4) is 0 Å². The van der Waals surface area contributed by atoms with Crippen LogP contribution in [0.4, 0.5) is 0 Å². The van der Waals surface area contributed by atoms with Gasteiger partial charge in [-0.05, 0) is 60.5 Å². The molecular formula is C23H22O6S. The predicted molar refractivity (Wildman–Crippen MR) is 111 cm³/mol. The number of benzene rings is 3. The van der Waals surface area contributed by atoms with Gasteiger partial charge in [0, 0.05) is 0 Å². The molecule has 1 N–H and O–H groups in total. The molecule has 30 heavy (non-hydrogen) atoms. The van der Waals surface area contributed by atoms with Crippen molar-refractivity contribution in [3.8, 4) is 11.5 Å². The van der Waals surface area contributed by atoms with Crippen molar-refractivity contribution in [3.05, 3.63) is 84.4 Å². The number of aliphatic carboxylic acids is 1. The van der Waals surface area contributed by atoms with E-state index in [0.29, 0.717) is 24.5 Å². The van der Waals surface area contributed by atoms with E-state index in [-0.39, 0.29) is 9.79 Å². The first-order valence-corrected chi connectivity index (χ1v) is 10.9. The Bertz CT molecular complexity index is 1070. The van der Waals surface area contributed by atoms with Crippen LogP contribution in [0.15, 0.2) is 88.7 Å². The molecule has 0 saturated carbocycles. The molecule has 3 aromatic carbocycles. The lowest BCUT2D eigenvalue weighted by Crippen LogP contribution is -2.25. The topological polar surface area (TPSA) is 89.9 Å². The summed E-state index contributed by atoms with van der Waals surface area (Å²) in [6.45, 7) is 2.09. The van der Waals surface area contributed by atoms with E-state index in [0.717, 1.165) is 5.56 Å². The highest BCUT2D eigenvalue weighted by Crippen LogP contribution is 2.25. The second kappa shape index (κ2) is 9.45. The summed E-state index contributed by atoms with van der Waals surface area (Å²) in [7, 11) is -3.72. The number of carboxylic acid groups (broad SMARTS) is 1. The lowest BCUT2D eigenvalue weighted by Gasteiger charge is -2.13. The van der Waals surface area contributed by atoms with Crippen molar-refractivity contribution in [2.24, 2.45) is 0 Å². The van der Waals surface area contributed by atoms with Crippen LogP contribution in [0.2, 0.25) is 0 Å². The summed E-state index contributed by atoms with van der Waals surface area (Å²) < 4.78 is 36.7. The molecule has 0 unspecified atom stereocenters. The van der Waals surface area contributed by atoms with E-state index in [1.54, 1.807) is 19.1 Å². The van der Waals surface area contributed by atoms with Gasteiger partial charge in [0.25, 0.3) is 0 Å². The summed E-state index contributed by atoms with van der Waals surface area (Å²) in [5, 5.41) is 9.06. The van der Waals surface area contributed by atoms with E-state index >= 15 is 0 Å². The van der Waals surface area contributed by atoms with Gasteiger partial charge in [-0.1, -0.05) is 37.3 Å². The van der Waals surface area contributed by atoms with Crippen LogP contribution < -0.4 is 9.47 Å². The van der Waals surface area contributed by atoms with Crippen molar-refractivity contribution in [2.75, 3.05) is 0 Å². The van der Waals surface area contributed by atoms with E-state index in [2.05, 4.69) is 0 Å². The van der Waals surface area contributed by atoms with Gasteiger partial charge in [-0.25, -0.2) is 13.2 Å². The highest BCUT2D eigenvalue weighted by Gasteiger charge is 2.20. The quantitative estimate of drug-likeness (QED) is 0.547. The highest BCUT2D eigenvalue weighted by molar-refractivity contribution is 7.91. The summed E-state index contributed by atoms with van der Waals surface area (Å²) in [4.78, 5) is 11.3. The molecule has 0 bridgehead atoms. The lowest BCUT2D eigenvalue weighted by atomic mass is 10.2. The van der Waals surface area contributed by atoms with Gasteiger partial charge in [0.15, 0.2) is 6.10 Å². The molecule has 156 valence electrons. The van der Waals surface area contributed by atoms with Crippen molar-refractivity contribution < 1.29 is 27.8 Å². The molecular weight excluding hydrogens is 404 g/mol. The molecule has 0 amide bonds. The van der Waals surface area contributed by atoms with Crippen LogP contribution in [0.25, 0.3) is 0 Å². The number of carbonyl (C=O) groups is 1. The van der Waals surface area contributed by atoms with Gasteiger partial charge in [-0.2, -0.15) is 0 Å². The number of sulfone groups is 1. The minimum atomic E-state index is -3.72. The molecule has 6 nitrogen and oxygen atoms in total. The van der Waals surface area contributed by atoms with Gasteiger partial charge in [-0.3, -0.25) is 0 Å². The average Bonchev–Trinajstić information content (AvgIpc) is 2.77. The molecule has 1 atom stereocenters. The summed E-state index contributed by atoms with van der Waals surface area (Å²) in [5.74, 6) is -0.197. The zero-order valence-electron chi connectivity index (χ0n) is 16.4. The molecule has 0 spiro atoms. The zero-order valence-corrected chi connectivity index (χ0v) is 17.2. The molecule has 0 aromatic heterocycles. The average molecular weight is 426 g/mol. The van der Waals surface area contributed by atoms with Gasteiger partial charge in [0.2, 0.25) is 9.84 Å². The Morgan fingerprint density at radius 2 is 1.40 bits per heavy atom. The van der Waals surface area contributed by atoms with Crippen LogP contribution in [0.5, 0.6) is 11.5 Å². The normalized spacial score (nSPS) is 12.2. The predicted octanol–water partition coefficient (Wildman–Crippen LogP) is 4.34. The van der Waals surface area contributed by atoms with Gasteiger partial charge in [0.05, 0.1) is 9.79 Å². The van der Waals surface area contributed by atoms with Crippen molar-refractivity contribution in [1.29, 1.82) is 0 Å². The Labute approximate surface area is 175 Å². The minimum absolute atomic E-state index is 0.0937. The minimum Gasteiger partial charge on any atom is -0.489 e. The first-order chi connectivity index (χ1) is 14.4. The first-order valence-electron chi connectivity index (χ1n) is 9.41. The fourth-order valence-electron chi connectivity index (χ4n) is 2.76. The molecule has 3 aromatic rings. The monoisotopic (exact) mass is 426 g/mol. The fraction of sp³-hybridized carbons (Fsp3) is 0.174. The maximum Gasteiger partial charge on any atom is 0.344 e. The summed E-state index contributed by atoms with van der Waals surface area (Å²) >= 11 is 0. The number of ether oxygens (including phenoxy) is 2. The first kappa shape index (κ1) is 21.4. The van der Waals surface area contributed by atoms with E-state index in [4.69, 9.17) is 14.6 Å². The van der Waals surface area contributed by atoms with Crippen LogP contribution in [0, 0.1) is 0 Å². The van der Waals surface area contributed by atoms with E-state index in [1.807, 2.05) is 30.3 Å². The van der Waals surface area contributed by atoms with Crippen LogP contribution >= 0.6 is 0 Å². The Balaban J connectivity index is 1.69. The molecule has 0 heterocycles. The molecule has 0 radical (unpaired) electrons. The lowest BCUT2D eigenvalue weighted by molar-refractivity contribution is -0.145. The third kappa shape index (κ3) is 5.18. The van der Waals surface area contributed by atoms with Crippen molar-refractivity contribution >= 4 is 15.8 Å². The fourth-order valence-corrected chi connectivity index (χ4v) is 4.02. The molecule has 0 aliphatic heterocycles. The largest absolute Gasteiger partial charge is 0.489 e. The van der Waals surface area contributed by atoms with Gasteiger partial charge in [0.1, 0.15) is 18.1 Å². The molecule has 0 saturated heterocycles. The maximum absolute atomic E-state index is 12.8. The van der Waals surface area contributed by atoms with E-state index in [9.17, 15) is 13.2 Å². The van der Waals surface area contributed by atoms with E-state index < -0.39 is 21.9 Å². The smallest absolute Gasteiger partial charge is 0.344 e. The van der Waals surface area contributed by atoms with E-state index in [1.165, 1.54) is 36.4 Å².